The van der Waals surface area contributed by atoms with Crippen LogP contribution in [0.15, 0.2) is 0 Å². The summed E-state index contributed by atoms with van der Waals surface area (Å²) in [5.74, 6) is 0.722. The van der Waals surface area contributed by atoms with E-state index in [0.717, 1.165) is 44.6 Å². The highest BCUT2D eigenvalue weighted by molar-refractivity contribution is 5.74. The Balaban J connectivity index is 1.16. The van der Waals surface area contributed by atoms with Crippen LogP contribution in [0.3, 0.4) is 0 Å². The van der Waals surface area contributed by atoms with Crippen molar-refractivity contribution in [2.24, 2.45) is 17.1 Å². The molecule has 220 valence electrons. The number of urea groups is 1. The second-order valence-electron chi connectivity index (χ2n) is 13.0. The summed E-state index contributed by atoms with van der Waals surface area (Å²) < 4.78 is 6.17. The first-order chi connectivity index (χ1) is 17.9. The van der Waals surface area contributed by atoms with Crippen LogP contribution in [0.1, 0.15) is 59.8 Å². The summed E-state index contributed by atoms with van der Waals surface area (Å²) in [7, 11) is 1.97. The Morgan fingerprint density at radius 1 is 1.16 bits per heavy atom. The molecule has 2 amide bonds. The predicted molar refractivity (Wildman–Crippen MR) is 146 cm³/mol. The summed E-state index contributed by atoms with van der Waals surface area (Å²) in [4.78, 5) is 16.6. The molecule has 0 spiro atoms. The molecule has 0 radical (unpaired) electrons. The number of carbonyl (C=O) groups excluding carboxylic acids is 1. The highest BCUT2D eigenvalue weighted by Crippen LogP contribution is 2.37. The van der Waals surface area contributed by atoms with E-state index in [1.165, 1.54) is 0 Å². The van der Waals surface area contributed by atoms with Gasteiger partial charge in [0.1, 0.15) is 24.5 Å². The number of aliphatic hydroxyl groups is 2. The van der Waals surface area contributed by atoms with E-state index in [1.807, 2.05) is 18.9 Å². The van der Waals surface area contributed by atoms with Gasteiger partial charge in [-0.1, -0.05) is 20.8 Å². The van der Waals surface area contributed by atoms with Gasteiger partial charge in [0.25, 0.3) is 0 Å². The van der Waals surface area contributed by atoms with E-state index in [4.69, 9.17) is 10.5 Å². The SMILES string of the molecule is C[C@@H](CCN(C)CC1OC(N2CNC3C(N)NCNC32)[C@H](O)[C@@H]1O)NC(=O)NC1CCC(C(C)(C)C)CC1. The summed E-state index contributed by atoms with van der Waals surface area (Å²) in [6.45, 7) is 11.2. The first-order valence-corrected chi connectivity index (χ1v) is 14.4. The van der Waals surface area contributed by atoms with E-state index < -0.39 is 24.5 Å². The quantitative estimate of drug-likeness (QED) is 0.193. The van der Waals surface area contributed by atoms with Crippen molar-refractivity contribution >= 4 is 6.03 Å². The van der Waals surface area contributed by atoms with E-state index in [9.17, 15) is 15.0 Å². The van der Waals surface area contributed by atoms with Crippen molar-refractivity contribution < 1.29 is 19.7 Å². The van der Waals surface area contributed by atoms with Crippen LogP contribution in [-0.4, -0.2) is 115 Å². The smallest absolute Gasteiger partial charge is 0.315 e. The minimum Gasteiger partial charge on any atom is -0.387 e. The molecule has 0 aromatic rings. The van der Waals surface area contributed by atoms with Gasteiger partial charge in [-0.15, -0.1) is 0 Å². The maximum atomic E-state index is 12.5. The van der Waals surface area contributed by atoms with Gasteiger partial charge in [0, 0.05) is 25.3 Å². The molecular formula is C26H52N8O4. The molecule has 0 bridgehead atoms. The fourth-order valence-corrected chi connectivity index (χ4v) is 6.44. The molecule has 4 rings (SSSR count). The lowest BCUT2D eigenvalue weighted by molar-refractivity contribution is -0.106. The number of nitrogens with one attached hydrogen (secondary N) is 5. The molecule has 0 aromatic carbocycles. The third-order valence-electron chi connectivity index (χ3n) is 9.01. The Morgan fingerprint density at radius 2 is 1.87 bits per heavy atom. The van der Waals surface area contributed by atoms with Crippen molar-refractivity contribution in [1.29, 1.82) is 0 Å². The van der Waals surface area contributed by atoms with Crippen molar-refractivity contribution in [3.8, 4) is 0 Å². The number of nitrogens with zero attached hydrogens (tertiary/aromatic N) is 2. The first kappa shape index (κ1) is 29.9. The normalized spacial score (nSPS) is 39.2. The molecule has 4 aliphatic rings. The molecule has 3 heterocycles. The fourth-order valence-electron chi connectivity index (χ4n) is 6.44. The predicted octanol–water partition coefficient (Wildman–Crippen LogP) is -0.960. The second-order valence-corrected chi connectivity index (χ2v) is 13.0. The lowest BCUT2D eigenvalue weighted by Gasteiger charge is -2.38. The lowest BCUT2D eigenvalue weighted by Crippen LogP contribution is -2.68. The van der Waals surface area contributed by atoms with Crippen LogP contribution in [0.4, 0.5) is 4.79 Å². The molecule has 4 fully saturated rings. The van der Waals surface area contributed by atoms with Gasteiger partial charge >= 0.3 is 6.03 Å². The van der Waals surface area contributed by atoms with Crippen LogP contribution in [0.25, 0.3) is 0 Å². The van der Waals surface area contributed by atoms with Crippen LogP contribution in [0.2, 0.25) is 0 Å². The number of fused-ring (bicyclic) bond motifs is 1. The molecule has 1 saturated carbocycles. The van der Waals surface area contributed by atoms with Crippen LogP contribution >= 0.6 is 0 Å². The first-order valence-electron chi connectivity index (χ1n) is 14.4. The maximum absolute atomic E-state index is 12.5. The van der Waals surface area contributed by atoms with E-state index in [-0.39, 0.29) is 36.5 Å². The Kier molecular flexibility index (Phi) is 9.92. The molecular weight excluding hydrogens is 488 g/mol. The molecule has 38 heavy (non-hydrogen) atoms. The summed E-state index contributed by atoms with van der Waals surface area (Å²) >= 11 is 0. The number of amides is 2. The Morgan fingerprint density at radius 3 is 2.55 bits per heavy atom. The third-order valence-corrected chi connectivity index (χ3v) is 9.01. The Labute approximate surface area is 227 Å². The topological polar surface area (TPSA) is 159 Å². The second kappa shape index (κ2) is 12.6. The number of nitrogens with two attached hydrogens (primary N) is 1. The number of aliphatic hydroxyl groups excluding tert-OH is 2. The third kappa shape index (κ3) is 7.15. The van der Waals surface area contributed by atoms with Crippen LogP contribution in [0, 0.1) is 11.3 Å². The van der Waals surface area contributed by atoms with Crippen LogP contribution < -0.4 is 32.3 Å². The van der Waals surface area contributed by atoms with Crippen molar-refractivity contribution in [3.63, 3.8) is 0 Å². The zero-order chi connectivity index (χ0) is 27.6. The standard InChI is InChI=1S/C26H52N8O4/c1-15(31-25(37)32-17-8-6-16(7-9-17)26(2,3)4)10-11-33(5)12-18-20(35)21(36)24(38-18)34-14-30-19-22(27)28-13-29-23(19)34/h15-24,28-30,35-36H,6-14,27H2,1-5H3,(H2,31,32,37)/t15-,16?,17?,18?,19?,20+,21+,22?,23?,24?/m0/s1. The summed E-state index contributed by atoms with van der Waals surface area (Å²) in [5, 5.41) is 37.6. The van der Waals surface area contributed by atoms with Gasteiger partial charge < -0.3 is 36.2 Å². The summed E-state index contributed by atoms with van der Waals surface area (Å²) in [6, 6.07) is 0.159. The molecule has 3 saturated heterocycles. The average molecular weight is 541 g/mol. The van der Waals surface area contributed by atoms with Crippen molar-refractivity contribution in [1.82, 2.24) is 36.4 Å². The summed E-state index contributed by atoms with van der Waals surface area (Å²) in [6.07, 6.45) is 1.78. The zero-order valence-electron chi connectivity index (χ0n) is 23.8. The highest BCUT2D eigenvalue weighted by Gasteiger charge is 2.51. The van der Waals surface area contributed by atoms with Crippen LogP contribution in [-0.2, 0) is 4.74 Å². The van der Waals surface area contributed by atoms with Gasteiger partial charge in [-0.25, -0.2) is 9.69 Å². The molecule has 12 nitrogen and oxygen atoms in total. The minimum atomic E-state index is -1.01. The van der Waals surface area contributed by atoms with Gasteiger partial charge in [0.15, 0.2) is 0 Å². The number of hydrogen-bond donors (Lipinski definition) is 8. The van der Waals surface area contributed by atoms with Gasteiger partial charge in [0.05, 0.1) is 25.0 Å². The van der Waals surface area contributed by atoms with Crippen molar-refractivity contribution in [2.75, 3.05) is 33.5 Å². The molecule has 9 N–H and O–H groups in total. The summed E-state index contributed by atoms with van der Waals surface area (Å²) in [5.41, 5.74) is 6.49. The number of carbonyl (C=O) groups is 1. The number of hydrogen-bond acceptors (Lipinski definition) is 10. The van der Waals surface area contributed by atoms with Gasteiger partial charge in [-0.2, -0.15) is 0 Å². The van der Waals surface area contributed by atoms with Crippen molar-refractivity contribution in [3.05, 3.63) is 0 Å². The van der Waals surface area contributed by atoms with E-state index in [1.54, 1.807) is 0 Å². The molecule has 0 aromatic heterocycles. The molecule has 1 aliphatic carbocycles. The molecule has 5 unspecified atom stereocenters. The molecule has 8 atom stereocenters. The number of likely N-dealkylation sites (N-methyl/N-ethyl adjacent to an activating group) is 1. The monoisotopic (exact) mass is 540 g/mol. The van der Waals surface area contributed by atoms with E-state index >= 15 is 0 Å². The Hall–Kier alpha value is -1.09. The van der Waals surface area contributed by atoms with Crippen molar-refractivity contribution in [2.45, 2.75) is 115 Å². The number of rotatable bonds is 8. The van der Waals surface area contributed by atoms with Gasteiger partial charge in [-0.05, 0) is 64.0 Å². The lowest BCUT2D eigenvalue weighted by atomic mass is 9.71. The highest BCUT2D eigenvalue weighted by atomic mass is 16.6. The Bertz CT molecular complexity index is 777. The largest absolute Gasteiger partial charge is 0.387 e. The van der Waals surface area contributed by atoms with E-state index in [2.05, 4.69) is 52.3 Å². The number of ether oxygens (including phenoxy) is 1. The van der Waals surface area contributed by atoms with E-state index in [0.29, 0.717) is 25.3 Å². The molecule has 3 aliphatic heterocycles. The van der Waals surface area contributed by atoms with Crippen LogP contribution in [0.5, 0.6) is 0 Å². The molecule has 12 heteroatoms. The zero-order valence-corrected chi connectivity index (χ0v) is 23.8. The minimum absolute atomic E-state index is 0.0110. The van der Waals surface area contributed by atoms with Gasteiger partial charge in [0.2, 0.25) is 0 Å². The maximum Gasteiger partial charge on any atom is 0.315 e. The van der Waals surface area contributed by atoms with Gasteiger partial charge in [-0.3, -0.25) is 16.0 Å². The average Bonchev–Trinajstić information content (AvgIpc) is 3.40. The fraction of sp³-hybridized carbons (Fsp3) is 0.962.